The highest BCUT2D eigenvalue weighted by Crippen LogP contribution is 2.18. The summed E-state index contributed by atoms with van der Waals surface area (Å²) < 4.78 is 5.80. The van der Waals surface area contributed by atoms with Crippen LogP contribution < -0.4 is 5.32 Å². The van der Waals surface area contributed by atoms with Crippen molar-refractivity contribution in [1.82, 2.24) is 10.2 Å². The molecular weight excluding hydrogens is 344 g/mol. The fraction of sp³-hybridized carbons (Fsp3) is 0.353. The smallest absolute Gasteiger partial charge is 0.287 e. The SMILES string of the molecule is O=C(NCCCN1CCc2ccccc2C1)c1ccc(Br)o1. The molecule has 0 spiro atoms. The van der Waals surface area contributed by atoms with Gasteiger partial charge in [-0.1, -0.05) is 24.3 Å². The fourth-order valence-corrected chi connectivity index (χ4v) is 3.08. The van der Waals surface area contributed by atoms with E-state index in [4.69, 9.17) is 4.42 Å². The van der Waals surface area contributed by atoms with Gasteiger partial charge in [0, 0.05) is 26.2 Å². The average Bonchev–Trinajstić information content (AvgIpc) is 2.98. The van der Waals surface area contributed by atoms with Crippen molar-refractivity contribution in [3.8, 4) is 0 Å². The van der Waals surface area contributed by atoms with E-state index in [9.17, 15) is 4.79 Å². The standard InChI is InChI=1S/C17H19BrN2O2/c18-16-7-6-15(22-16)17(21)19-9-3-10-20-11-8-13-4-1-2-5-14(13)12-20/h1-2,4-7H,3,8-12H2,(H,19,21). The van der Waals surface area contributed by atoms with Gasteiger partial charge < -0.3 is 9.73 Å². The Morgan fingerprint density at radius 2 is 2.05 bits per heavy atom. The number of nitrogens with zero attached hydrogens (tertiary/aromatic N) is 1. The van der Waals surface area contributed by atoms with Crippen LogP contribution in [0.25, 0.3) is 0 Å². The lowest BCUT2D eigenvalue weighted by Gasteiger charge is -2.28. The predicted octanol–water partition coefficient (Wildman–Crippen LogP) is 3.22. The molecule has 1 N–H and O–H groups in total. The molecule has 1 aromatic heterocycles. The summed E-state index contributed by atoms with van der Waals surface area (Å²) in [6, 6.07) is 12.0. The van der Waals surface area contributed by atoms with Gasteiger partial charge in [0.05, 0.1) is 0 Å². The zero-order valence-electron chi connectivity index (χ0n) is 12.3. The van der Waals surface area contributed by atoms with Gasteiger partial charge in [0.1, 0.15) is 0 Å². The van der Waals surface area contributed by atoms with Crippen molar-refractivity contribution in [2.24, 2.45) is 0 Å². The van der Waals surface area contributed by atoms with Gasteiger partial charge in [-0.2, -0.15) is 0 Å². The van der Waals surface area contributed by atoms with E-state index in [1.54, 1.807) is 12.1 Å². The van der Waals surface area contributed by atoms with Crippen molar-refractivity contribution in [3.63, 3.8) is 0 Å². The van der Waals surface area contributed by atoms with Gasteiger partial charge in [-0.25, -0.2) is 0 Å². The number of carbonyl (C=O) groups excluding carboxylic acids is 1. The normalized spacial score (nSPS) is 14.6. The maximum atomic E-state index is 11.8. The van der Waals surface area contributed by atoms with E-state index < -0.39 is 0 Å². The molecule has 116 valence electrons. The van der Waals surface area contributed by atoms with Gasteiger partial charge in [-0.3, -0.25) is 9.69 Å². The number of fused-ring (bicyclic) bond motifs is 1. The van der Waals surface area contributed by atoms with Crippen LogP contribution in [0.3, 0.4) is 0 Å². The molecule has 0 unspecified atom stereocenters. The van der Waals surface area contributed by atoms with Crippen LogP contribution >= 0.6 is 15.9 Å². The van der Waals surface area contributed by atoms with Crippen LogP contribution in [0.15, 0.2) is 45.5 Å². The van der Waals surface area contributed by atoms with E-state index in [0.29, 0.717) is 17.0 Å². The molecule has 1 amide bonds. The summed E-state index contributed by atoms with van der Waals surface area (Å²) in [5.74, 6) is 0.188. The number of hydrogen-bond acceptors (Lipinski definition) is 3. The molecule has 0 saturated carbocycles. The number of halogens is 1. The highest BCUT2D eigenvalue weighted by molar-refractivity contribution is 9.10. The first-order valence-corrected chi connectivity index (χ1v) is 8.34. The van der Waals surface area contributed by atoms with Crippen LogP contribution in [-0.2, 0) is 13.0 Å². The van der Waals surface area contributed by atoms with Gasteiger partial charge in [0.15, 0.2) is 10.4 Å². The van der Waals surface area contributed by atoms with Gasteiger partial charge in [0.2, 0.25) is 0 Å². The Hall–Kier alpha value is -1.59. The lowest BCUT2D eigenvalue weighted by Crippen LogP contribution is -2.33. The Labute approximate surface area is 138 Å². The summed E-state index contributed by atoms with van der Waals surface area (Å²) in [7, 11) is 0. The molecule has 0 aliphatic carbocycles. The molecule has 2 aromatic rings. The average molecular weight is 363 g/mol. The molecular formula is C17H19BrN2O2. The fourth-order valence-electron chi connectivity index (χ4n) is 2.77. The lowest BCUT2D eigenvalue weighted by molar-refractivity contribution is 0.0922. The monoisotopic (exact) mass is 362 g/mol. The molecule has 0 saturated heterocycles. The van der Waals surface area contributed by atoms with Crippen molar-refractivity contribution in [1.29, 1.82) is 0 Å². The van der Waals surface area contributed by atoms with Gasteiger partial charge in [0.25, 0.3) is 5.91 Å². The Bertz CT molecular complexity index is 654. The molecule has 3 rings (SSSR count). The molecule has 0 bridgehead atoms. The number of carbonyl (C=O) groups is 1. The number of nitrogens with one attached hydrogen (secondary N) is 1. The first-order valence-electron chi connectivity index (χ1n) is 7.55. The number of benzene rings is 1. The summed E-state index contributed by atoms with van der Waals surface area (Å²) in [5, 5.41) is 2.89. The zero-order valence-corrected chi connectivity index (χ0v) is 13.9. The summed E-state index contributed by atoms with van der Waals surface area (Å²) in [4.78, 5) is 14.3. The zero-order chi connectivity index (χ0) is 15.4. The third-order valence-electron chi connectivity index (χ3n) is 3.94. The van der Waals surface area contributed by atoms with Crippen molar-refractivity contribution >= 4 is 21.8 Å². The predicted molar refractivity (Wildman–Crippen MR) is 88.8 cm³/mol. The van der Waals surface area contributed by atoms with Gasteiger partial charge in [-0.05, 0) is 52.0 Å². The third-order valence-corrected chi connectivity index (χ3v) is 4.37. The highest BCUT2D eigenvalue weighted by atomic mass is 79.9. The van der Waals surface area contributed by atoms with Crippen LogP contribution in [-0.4, -0.2) is 30.4 Å². The number of furan rings is 1. The minimum absolute atomic E-state index is 0.158. The summed E-state index contributed by atoms with van der Waals surface area (Å²) in [6.07, 6.45) is 2.05. The Balaban J connectivity index is 1.40. The summed E-state index contributed by atoms with van der Waals surface area (Å²) in [5.41, 5.74) is 2.90. The minimum atomic E-state index is -0.158. The molecule has 0 radical (unpaired) electrons. The second kappa shape index (κ2) is 7.11. The molecule has 5 heteroatoms. The summed E-state index contributed by atoms with van der Waals surface area (Å²) >= 11 is 3.19. The molecule has 1 aromatic carbocycles. The molecule has 2 heterocycles. The first-order chi connectivity index (χ1) is 10.7. The lowest BCUT2D eigenvalue weighted by atomic mass is 10.00. The van der Waals surface area contributed by atoms with E-state index in [2.05, 4.69) is 50.4 Å². The molecule has 1 aliphatic rings. The van der Waals surface area contributed by atoms with E-state index in [1.165, 1.54) is 11.1 Å². The van der Waals surface area contributed by atoms with E-state index in [0.717, 1.165) is 32.5 Å². The van der Waals surface area contributed by atoms with Crippen LogP contribution in [0.5, 0.6) is 0 Å². The Kier molecular flexibility index (Phi) is 4.95. The number of amides is 1. The van der Waals surface area contributed by atoms with Crippen molar-refractivity contribution in [2.45, 2.75) is 19.4 Å². The van der Waals surface area contributed by atoms with Crippen molar-refractivity contribution in [2.75, 3.05) is 19.6 Å². The summed E-state index contributed by atoms with van der Waals surface area (Å²) in [6.45, 7) is 3.76. The second-order valence-corrected chi connectivity index (χ2v) is 6.29. The first kappa shape index (κ1) is 15.3. The molecule has 0 atom stereocenters. The van der Waals surface area contributed by atoms with Gasteiger partial charge in [-0.15, -0.1) is 0 Å². The van der Waals surface area contributed by atoms with Gasteiger partial charge >= 0.3 is 0 Å². The largest absolute Gasteiger partial charge is 0.444 e. The molecule has 1 aliphatic heterocycles. The highest BCUT2D eigenvalue weighted by Gasteiger charge is 2.15. The van der Waals surface area contributed by atoms with Crippen molar-refractivity contribution < 1.29 is 9.21 Å². The maximum absolute atomic E-state index is 11.8. The van der Waals surface area contributed by atoms with E-state index in [1.807, 2.05) is 0 Å². The number of rotatable bonds is 5. The van der Waals surface area contributed by atoms with Crippen LogP contribution in [0.2, 0.25) is 0 Å². The Morgan fingerprint density at radius 1 is 1.23 bits per heavy atom. The van der Waals surface area contributed by atoms with E-state index >= 15 is 0 Å². The van der Waals surface area contributed by atoms with Crippen LogP contribution in [0.1, 0.15) is 28.1 Å². The second-order valence-electron chi connectivity index (χ2n) is 5.51. The quantitative estimate of drug-likeness (QED) is 0.830. The molecule has 0 fully saturated rings. The number of hydrogen-bond donors (Lipinski definition) is 1. The third kappa shape index (κ3) is 3.78. The molecule has 4 nitrogen and oxygen atoms in total. The van der Waals surface area contributed by atoms with Crippen molar-refractivity contribution in [3.05, 3.63) is 58.0 Å². The van der Waals surface area contributed by atoms with E-state index in [-0.39, 0.29) is 5.91 Å². The Morgan fingerprint density at radius 3 is 2.82 bits per heavy atom. The van der Waals surface area contributed by atoms with Crippen LogP contribution in [0, 0.1) is 0 Å². The topological polar surface area (TPSA) is 45.5 Å². The van der Waals surface area contributed by atoms with Crippen LogP contribution in [0.4, 0.5) is 0 Å². The molecule has 22 heavy (non-hydrogen) atoms. The minimum Gasteiger partial charge on any atom is -0.444 e. The maximum Gasteiger partial charge on any atom is 0.287 e.